The first-order valence-corrected chi connectivity index (χ1v) is 5.78. The average Bonchev–Trinajstić information content (AvgIpc) is 2.70. The Morgan fingerprint density at radius 2 is 2.00 bits per heavy atom. The molecule has 1 aromatic heterocycles. The van der Waals surface area contributed by atoms with Crippen LogP contribution in [-0.4, -0.2) is 9.55 Å². The van der Waals surface area contributed by atoms with Crippen LogP contribution in [0.25, 0.3) is 11.0 Å². The molecule has 0 aliphatic rings. The number of nitrogens with zero attached hydrogens (tertiary/aromatic N) is 2. The smallest absolute Gasteiger partial charge is 0.0960 e. The highest BCUT2D eigenvalue weighted by Gasteiger charge is 2.10. The van der Waals surface area contributed by atoms with E-state index in [9.17, 15) is 0 Å². The molecule has 88 valence electrons. The predicted molar refractivity (Wildman–Crippen MR) is 74.3 cm³/mol. The molecule has 2 aromatic rings. The van der Waals surface area contributed by atoms with Gasteiger partial charge in [-0.05, 0) is 25.0 Å². The third kappa shape index (κ3) is 2.46. The molecular formula is C13H19BrN2. The first-order valence-electron chi connectivity index (χ1n) is 5.78. The zero-order valence-electron chi connectivity index (χ0n) is 9.89. The van der Waals surface area contributed by atoms with Gasteiger partial charge in [0.1, 0.15) is 0 Å². The molecule has 0 amide bonds. The number of aromatic nitrogens is 2. The number of para-hydroxylation sites is 2. The molecule has 1 aromatic carbocycles. The van der Waals surface area contributed by atoms with Crippen molar-refractivity contribution in [1.29, 1.82) is 0 Å². The molecule has 0 saturated heterocycles. The number of halogens is 1. The lowest BCUT2D eigenvalue weighted by Crippen LogP contribution is -2.06. The lowest BCUT2D eigenvalue weighted by Gasteiger charge is -2.16. The van der Waals surface area contributed by atoms with Gasteiger partial charge in [0.05, 0.1) is 17.4 Å². The highest BCUT2D eigenvalue weighted by molar-refractivity contribution is 8.93. The van der Waals surface area contributed by atoms with Crippen LogP contribution in [0.1, 0.15) is 39.2 Å². The van der Waals surface area contributed by atoms with Gasteiger partial charge in [-0.25, -0.2) is 4.98 Å². The van der Waals surface area contributed by atoms with Gasteiger partial charge >= 0.3 is 0 Å². The van der Waals surface area contributed by atoms with Crippen LogP contribution < -0.4 is 0 Å². The van der Waals surface area contributed by atoms with Crippen molar-refractivity contribution in [3.63, 3.8) is 0 Å². The Balaban J connectivity index is 0.00000128. The molecule has 3 heteroatoms. The first kappa shape index (κ1) is 13.2. The summed E-state index contributed by atoms with van der Waals surface area (Å²) in [5.74, 6) is 0. The van der Waals surface area contributed by atoms with Crippen LogP contribution in [0.2, 0.25) is 0 Å². The quantitative estimate of drug-likeness (QED) is 0.815. The van der Waals surface area contributed by atoms with Gasteiger partial charge in [0.15, 0.2) is 0 Å². The average molecular weight is 283 g/mol. The molecule has 0 bridgehead atoms. The van der Waals surface area contributed by atoms with Gasteiger partial charge < -0.3 is 4.57 Å². The molecule has 0 aliphatic heterocycles. The van der Waals surface area contributed by atoms with Crippen LogP contribution in [0.15, 0.2) is 30.6 Å². The minimum Gasteiger partial charge on any atom is -0.327 e. The summed E-state index contributed by atoms with van der Waals surface area (Å²) in [6, 6.07) is 8.95. The summed E-state index contributed by atoms with van der Waals surface area (Å²) in [7, 11) is 0. The van der Waals surface area contributed by atoms with Crippen LogP contribution >= 0.6 is 17.0 Å². The Hall–Kier alpha value is -0.830. The van der Waals surface area contributed by atoms with E-state index < -0.39 is 0 Å². The third-order valence-corrected chi connectivity index (χ3v) is 2.97. The fourth-order valence-corrected chi connectivity index (χ4v) is 2.14. The van der Waals surface area contributed by atoms with Crippen molar-refractivity contribution in [2.45, 2.75) is 39.2 Å². The lowest BCUT2D eigenvalue weighted by molar-refractivity contribution is 0.458. The van der Waals surface area contributed by atoms with Crippen LogP contribution in [0, 0.1) is 0 Å². The van der Waals surface area contributed by atoms with E-state index in [1.54, 1.807) is 0 Å². The molecular weight excluding hydrogens is 264 g/mol. The van der Waals surface area contributed by atoms with Crippen molar-refractivity contribution in [3.8, 4) is 0 Å². The Labute approximate surface area is 107 Å². The summed E-state index contributed by atoms with van der Waals surface area (Å²) >= 11 is 0. The van der Waals surface area contributed by atoms with Crippen LogP contribution in [0.4, 0.5) is 0 Å². The van der Waals surface area contributed by atoms with Crippen molar-refractivity contribution in [1.82, 2.24) is 9.55 Å². The Kier molecular flexibility index (Phi) is 5.00. The van der Waals surface area contributed by atoms with E-state index in [0.29, 0.717) is 6.04 Å². The highest BCUT2D eigenvalue weighted by Crippen LogP contribution is 2.23. The summed E-state index contributed by atoms with van der Waals surface area (Å²) in [6.07, 6.45) is 5.62. The maximum Gasteiger partial charge on any atom is 0.0960 e. The molecule has 0 aliphatic carbocycles. The molecule has 2 rings (SSSR count). The Morgan fingerprint density at radius 3 is 2.69 bits per heavy atom. The van der Waals surface area contributed by atoms with Gasteiger partial charge in [-0.1, -0.05) is 32.4 Å². The lowest BCUT2D eigenvalue weighted by atomic mass is 10.1. The van der Waals surface area contributed by atoms with E-state index in [1.165, 1.54) is 24.8 Å². The molecule has 1 unspecified atom stereocenters. The molecule has 16 heavy (non-hydrogen) atoms. The van der Waals surface area contributed by atoms with Crippen LogP contribution in [0.3, 0.4) is 0 Å². The van der Waals surface area contributed by atoms with Gasteiger partial charge in [0, 0.05) is 6.04 Å². The summed E-state index contributed by atoms with van der Waals surface area (Å²) in [4.78, 5) is 4.43. The van der Waals surface area contributed by atoms with Crippen molar-refractivity contribution in [2.24, 2.45) is 0 Å². The molecule has 0 N–H and O–H groups in total. The summed E-state index contributed by atoms with van der Waals surface area (Å²) < 4.78 is 2.32. The van der Waals surface area contributed by atoms with Crippen molar-refractivity contribution in [2.75, 3.05) is 0 Å². The van der Waals surface area contributed by atoms with E-state index in [-0.39, 0.29) is 17.0 Å². The van der Waals surface area contributed by atoms with Gasteiger partial charge in [0.2, 0.25) is 0 Å². The van der Waals surface area contributed by atoms with Crippen LogP contribution in [0.5, 0.6) is 0 Å². The number of benzene rings is 1. The van der Waals surface area contributed by atoms with E-state index in [2.05, 4.69) is 41.6 Å². The predicted octanol–water partition coefficient (Wildman–Crippen LogP) is 4.37. The normalized spacial score (nSPS) is 12.4. The maximum absolute atomic E-state index is 4.43. The second kappa shape index (κ2) is 6.04. The number of hydrogen-bond donors (Lipinski definition) is 0. The number of fused-ring (bicyclic) bond motifs is 1. The molecule has 0 saturated carbocycles. The van der Waals surface area contributed by atoms with Gasteiger partial charge in [-0.2, -0.15) is 0 Å². The summed E-state index contributed by atoms with van der Waals surface area (Å²) in [6.45, 7) is 4.48. The number of hydrogen-bond acceptors (Lipinski definition) is 1. The Morgan fingerprint density at radius 1 is 1.25 bits per heavy atom. The molecule has 0 spiro atoms. The number of imidazole rings is 1. The second-order valence-electron chi connectivity index (χ2n) is 3.99. The largest absolute Gasteiger partial charge is 0.327 e. The third-order valence-electron chi connectivity index (χ3n) is 2.97. The first-order chi connectivity index (χ1) is 7.36. The van der Waals surface area contributed by atoms with Gasteiger partial charge in [-0.15, -0.1) is 17.0 Å². The molecule has 0 radical (unpaired) electrons. The van der Waals surface area contributed by atoms with E-state index >= 15 is 0 Å². The number of rotatable bonds is 4. The minimum absolute atomic E-state index is 0. The monoisotopic (exact) mass is 282 g/mol. The summed E-state index contributed by atoms with van der Waals surface area (Å²) in [5.41, 5.74) is 2.37. The summed E-state index contributed by atoms with van der Waals surface area (Å²) in [5, 5.41) is 0. The maximum atomic E-state index is 4.43. The van der Waals surface area contributed by atoms with Gasteiger partial charge in [-0.3, -0.25) is 0 Å². The fourth-order valence-electron chi connectivity index (χ4n) is 2.14. The van der Waals surface area contributed by atoms with E-state index in [4.69, 9.17) is 0 Å². The zero-order valence-corrected chi connectivity index (χ0v) is 11.6. The topological polar surface area (TPSA) is 17.8 Å². The Bertz CT molecular complexity index is 436. The van der Waals surface area contributed by atoms with E-state index in [0.717, 1.165) is 5.52 Å². The van der Waals surface area contributed by atoms with Gasteiger partial charge in [0.25, 0.3) is 0 Å². The minimum atomic E-state index is 0. The SMILES string of the molecule is Br.CCCC(CC)n1cnc2ccccc21. The van der Waals surface area contributed by atoms with E-state index in [1.807, 2.05) is 12.4 Å². The molecule has 0 fully saturated rings. The standard InChI is InChI=1S/C13H18N2.BrH/c1-3-7-11(4-2)15-10-14-12-8-5-6-9-13(12)15;/h5-6,8-11H,3-4,7H2,1-2H3;1H. The van der Waals surface area contributed by atoms with Crippen molar-refractivity contribution >= 4 is 28.0 Å². The zero-order chi connectivity index (χ0) is 10.7. The second-order valence-corrected chi connectivity index (χ2v) is 3.99. The van der Waals surface area contributed by atoms with Crippen molar-refractivity contribution < 1.29 is 0 Å². The highest BCUT2D eigenvalue weighted by atomic mass is 79.9. The molecule has 1 heterocycles. The molecule has 2 nitrogen and oxygen atoms in total. The fraction of sp³-hybridized carbons (Fsp3) is 0.462. The molecule has 1 atom stereocenters. The van der Waals surface area contributed by atoms with Crippen LogP contribution in [-0.2, 0) is 0 Å². The van der Waals surface area contributed by atoms with Crippen molar-refractivity contribution in [3.05, 3.63) is 30.6 Å².